The van der Waals surface area contributed by atoms with Crippen LogP contribution in [0.25, 0.3) is 0 Å². The van der Waals surface area contributed by atoms with Crippen LogP contribution in [0.3, 0.4) is 0 Å². The van der Waals surface area contributed by atoms with Gasteiger partial charge in [0, 0.05) is 31.9 Å². The lowest BCUT2D eigenvalue weighted by Crippen LogP contribution is -2.51. The summed E-state index contributed by atoms with van der Waals surface area (Å²) in [7, 11) is 3.34. The number of methoxy groups -OCH3 is 2. The van der Waals surface area contributed by atoms with Crippen LogP contribution in [0.4, 0.5) is 5.69 Å². The second-order valence-electron chi connectivity index (χ2n) is 6.84. The van der Waals surface area contributed by atoms with Gasteiger partial charge in [0.25, 0.3) is 0 Å². The Hall–Kier alpha value is -2.73. The molecule has 3 rings (SSSR count). The van der Waals surface area contributed by atoms with Gasteiger partial charge in [-0.25, -0.2) is 0 Å². The number of amides is 1. The summed E-state index contributed by atoms with van der Waals surface area (Å²) in [5.41, 5.74) is 2.40. The van der Waals surface area contributed by atoms with E-state index < -0.39 is 0 Å². The van der Waals surface area contributed by atoms with E-state index in [1.165, 1.54) is 11.3 Å². The third-order valence-electron chi connectivity index (χ3n) is 5.10. The molecule has 0 radical (unpaired) electrons. The van der Waals surface area contributed by atoms with Crippen LogP contribution in [0, 0.1) is 0 Å². The fraction of sp³-hybridized carbons (Fsp3) is 0.409. The van der Waals surface area contributed by atoms with E-state index in [-0.39, 0.29) is 5.91 Å². The normalized spacial score (nSPS) is 14.1. The van der Waals surface area contributed by atoms with Gasteiger partial charge in [-0.15, -0.1) is 0 Å². The fourth-order valence-electron chi connectivity index (χ4n) is 3.34. The zero-order chi connectivity index (χ0) is 19.8. The number of carbonyl (C=O) groups excluding carboxylic acids is 1. The van der Waals surface area contributed by atoms with Gasteiger partial charge < -0.3 is 24.6 Å². The molecule has 2 aromatic carbocycles. The number of nitrogens with zero attached hydrogens (tertiary/aromatic N) is 2. The lowest BCUT2D eigenvalue weighted by atomic mass is 10.1. The van der Waals surface area contributed by atoms with E-state index in [1.807, 2.05) is 29.2 Å². The molecule has 2 aromatic rings. The molecule has 0 saturated carbocycles. The predicted octanol–water partition coefficient (Wildman–Crippen LogP) is 2.18. The summed E-state index contributed by atoms with van der Waals surface area (Å²) in [5.74, 6) is 1.89. The van der Waals surface area contributed by atoms with Crippen molar-refractivity contribution in [3.05, 3.63) is 54.1 Å². The summed E-state index contributed by atoms with van der Waals surface area (Å²) in [6, 6.07) is 16.1. The van der Waals surface area contributed by atoms with Gasteiger partial charge in [-0.1, -0.05) is 12.1 Å². The Labute approximate surface area is 167 Å². The van der Waals surface area contributed by atoms with Crippen LogP contribution in [0.1, 0.15) is 5.56 Å². The fourth-order valence-corrected chi connectivity index (χ4v) is 3.34. The highest BCUT2D eigenvalue weighted by atomic mass is 16.5. The van der Waals surface area contributed by atoms with Crippen molar-refractivity contribution in [1.82, 2.24) is 10.2 Å². The maximum Gasteiger partial charge on any atom is 0.236 e. The number of hydrogen-bond acceptors (Lipinski definition) is 5. The number of ether oxygens (including phenoxy) is 2. The van der Waals surface area contributed by atoms with Crippen molar-refractivity contribution in [3.63, 3.8) is 0 Å². The molecule has 0 aromatic heterocycles. The first-order valence-electron chi connectivity index (χ1n) is 9.70. The van der Waals surface area contributed by atoms with Crippen LogP contribution in [0.2, 0.25) is 0 Å². The Balaban J connectivity index is 1.36. The molecule has 1 saturated heterocycles. The van der Waals surface area contributed by atoms with Gasteiger partial charge in [0.15, 0.2) is 0 Å². The lowest BCUT2D eigenvalue weighted by Gasteiger charge is -2.36. The molecule has 6 heteroatoms. The average Bonchev–Trinajstić information content (AvgIpc) is 2.77. The first kappa shape index (κ1) is 20.0. The van der Waals surface area contributed by atoms with Gasteiger partial charge in [-0.2, -0.15) is 0 Å². The van der Waals surface area contributed by atoms with Crippen molar-refractivity contribution in [2.24, 2.45) is 0 Å². The molecule has 0 aliphatic carbocycles. The quantitative estimate of drug-likeness (QED) is 0.708. The molecule has 1 heterocycles. The monoisotopic (exact) mass is 383 g/mol. The molecule has 0 bridgehead atoms. The second-order valence-corrected chi connectivity index (χ2v) is 6.84. The van der Waals surface area contributed by atoms with Gasteiger partial charge in [-0.05, 0) is 54.9 Å². The van der Waals surface area contributed by atoms with E-state index in [0.717, 1.165) is 50.6 Å². The number of rotatable bonds is 8. The van der Waals surface area contributed by atoms with Crippen molar-refractivity contribution < 1.29 is 14.3 Å². The summed E-state index contributed by atoms with van der Waals surface area (Å²) < 4.78 is 10.4. The molecule has 1 aliphatic heterocycles. The highest BCUT2D eigenvalue weighted by molar-refractivity contribution is 5.78. The smallest absolute Gasteiger partial charge is 0.236 e. The standard InChI is InChI=1S/C22H29N3O3/c1-27-20-7-3-18(4-8-20)11-12-23-17-22(26)25-15-13-24(14-16-25)19-5-9-21(28-2)10-6-19/h3-10,23H,11-17H2,1-2H3. The van der Waals surface area contributed by atoms with Crippen molar-refractivity contribution in [2.75, 3.05) is 58.4 Å². The van der Waals surface area contributed by atoms with Gasteiger partial charge in [-0.3, -0.25) is 4.79 Å². The van der Waals surface area contributed by atoms with Crippen LogP contribution in [0.15, 0.2) is 48.5 Å². The topological polar surface area (TPSA) is 54.0 Å². The SMILES string of the molecule is COc1ccc(CCNCC(=O)N2CCN(c3ccc(OC)cc3)CC2)cc1. The van der Waals surface area contributed by atoms with E-state index in [1.54, 1.807) is 14.2 Å². The number of benzene rings is 2. The number of piperazine rings is 1. The molecular formula is C22H29N3O3. The third-order valence-corrected chi connectivity index (χ3v) is 5.10. The molecule has 0 atom stereocenters. The number of anilines is 1. The minimum Gasteiger partial charge on any atom is -0.497 e. The summed E-state index contributed by atoms with van der Waals surface area (Å²) in [6.07, 6.45) is 0.891. The Morgan fingerprint density at radius 1 is 0.893 bits per heavy atom. The Bertz CT molecular complexity index is 739. The molecule has 0 unspecified atom stereocenters. The summed E-state index contributed by atoms with van der Waals surface area (Å²) in [4.78, 5) is 16.7. The highest BCUT2D eigenvalue weighted by Gasteiger charge is 2.20. The third kappa shape index (κ3) is 5.39. The number of hydrogen-bond donors (Lipinski definition) is 1. The van der Waals surface area contributed by atoms with Gasteiger partial charge in [0.05, 0.1) is 20.8 Å². The molecule has 1 amide bonds. The zero-order valence-electron chi connectivity index (χ0n) is 16.7. The number of nitrogens with one attached hydrogen (secondary N) is 1. The van der Waals surface area contributed by atoms with Gasteiger partial charge >= 0.3 is 0 Å². The van der Waals surface area contributed by atoms with Crippen molar-refractivity contribution in [3.8, 4) is 11.5 Å². The van der Waals surface area contributed by atoms with Gasteiger partial charge in [0.1, 0.15) is 11.5 Å². The molecule has 1 N–H and O–H groups in total. The van der Waals surface area contributed by atoms with Crippen LogP contribution in [0.5, 0.6) is 11.5 Å². The average molecular weight is 383 g/mol. The maximum atomic E-state index is 12.4. The molecule has 28 heavy (non-hydrogen) atoms. The summed E-state index contributed by atoms with van der Waals surface area (Å²) >= 11 is 0. The van der Waals surface area contributed by atoms with Crippen molar-refractivity contribution in [2.45, 2.75) is 6.42 Å². The molecule has 1 aliphatic rings. The highest BCUT2D eigenvalue weighted by Crippen LogP contribution is 2.20. The number of carbonyl (C=O) groups is 1. The second kappa shape index (κ2) is 9.99. The lowest BCUT2D eigenvalue weighted by molar-refractivity contribution is -0.130. The Kier molecular flexibility index (Phi) is 7.14. The van der Waals surface area contributed by atoms with Crippen LogP contribution in [-0.2, 0) is 11.2 Å². The predicted molar refractivity (Wildman–Crippen MR) is 111 cm³/mol. The zero-order valence-corrected chi connectivity index (χ0v) is 16.7. The van der Waals surface area contributed by atoms with Crippen molar-refractivity contribution in [1.29, 1.82) is 0 Å². The minimum atomic E-state index is 0.170. The molecular weight excluding hydrogens is 354 g/mol. The maximum absolute atomic E-state index is 12.4. The minimum absolute atomic E-state index is 0.170. The van der Waals surface area contributed by atoms with Gasteiger partial charge in [0.2, 0.25) is 5.91 Å². The Morgan fingerprint density at radius 2 is 1.46 bits per heavy atom. The molecule has 6 nitrogen and oxygen atoms in total. The first-order chi connectivity index (χ1) is 13.7. The van der Waals surface area contributed by atoms with E-state index in [9.17, 15) is 4.79 Å². The van der Waals surface area contributed by atoms with E-state index in [0.29, 0.717) is 6.54 Å². The molecule has 150 valence electrons. The van der Waals surface area contributed by atoms with E-state index >= 15 is 0 Å². The van der Waals surface area contributed by atoms with Crippen LogP contribution >= 0.6 is 0 Å². The first-order valence-corrected chi connectivity index (χ1v) is 9.70. The summed E-state index contributed by atoms with van der Waals surface area (Å²) in [6.45, 7) is 4.38. The van der Waals surface area contributed by atoms with Crippen LogP contribution < -0.4 is 19.7 Å². The Morgan fingerprint density at radius 3 is 2.04 bits per heavy atom. The molecule has 0 spiro atoms. The molecule has 1 fully saturated rings. The van der Waals surface area contributed by atoms with E-state index in [4.69, 9.17) is 9.47 Å². The van der Waals surface area contributed by atoms with E-state index in [2.05, 4.69) is 34.5 Å². The largest absolute Gasteiger partial charge is 0.497 e. The van der Waals surface area contributed by atoms with Crippen molar-refractivity contribution >= 4 is 11.6 Å². The van der Waals surface area contributed by atoms with Crippen LogP contribution in [-0.4, -0.2) is 64.3 Å². The summed E-state index contributed by atoms with van der Waals surface area (Å²) in [5, 5.41) is 3.27.